The molecular weight excluding hydrogens is 280 g/mol. The summed E-state index contributed by atoms with van der Waals surface area (Å²) in [5.74, 6) is 0.378. The first-order valence-corrected chi connectivity index (χ1v) is 7.06. The Morgan fingerprint density at radius 1 is 1.27 bits per heavy atom. The summed E-state index contributed by atoms with van der Waals surface area (Å²) < 4.78 is 11.4. The van der Waals surface area contributed by atoms with E-state index in [1.807, 2.05) is 42.6 Å². The largest absolute Gasteiger partial charge is 0.488 e. The number of benzene rings is 1. The van der Waals surface area contributed by atoms with Crippen LogP contribution in [0.2, 0.25) is 0 Å². The lowest BCUT2D eigenvalue weighted by atomic mass is 9.95. The van der Waals surface area contributed by atoms with Crippen molar-refractivity contribution < 1.29 is 14.3 Å². The summed E-state index contributed by atoms with van der Waals surface area (Å²) in [5, 5.41) is 0. The van der Waals surface area contributed by atoms with Gasteiger partial charge in [0.05, 0.1) is 16.8 Å². The Balaban J connectivity index is 1.65. The lowest BCUT2D eigenvalue weighted by molar-refractivity contribution is 0.0432. The number of fused-ring (bicyclic) bond motifs is 2. The molecule has 2 N–H and O–H groups in total. The Bertz CT molecular complexity index is 744. The van der Waals surface area contributed by atoms with E-state index in [0.29, 0.717) is 12.2 Å². The van der Waals surface area contributed by atoms with Gasteiger partial charge in [-0.2, -0.15) is 0 Å². The minimum absolute atomic E-state index is 0.355. The minimum Gasteiger partial charge on any atom is -0.488 e. The summed E-state index contributed by atoms with van der Waals surface area (Å²) in [6.07, 6.45) is 6.96. The molecule has 5 heteroatoms. The SMILES string of the molecule is O=C(OC1C=CC=C2OCC3=CNNC3=C21)c1ccccc1. The van der Waals surface area contributed by atoms with E-state index in [1.54, 1.807) is 12.1 Å². The zero-order chi connectivity index (χ0) is 14.9. The van der Waals surface area contributed by atoms with Gasteiger partial charge in [0, 0.05) is 11.8 Å². The van der Waals surface area contributed by atoms with Crippen LogP contribution in [-0.4, -0.2) is 18.7 Å². The maximum Gasteiger partial charge on any atom is 0.339 e. The van der Waals surface area contributed by atoms with Crippen LogP contribution in [0.1, 0.15) is 10.4 Å². The molecule has 2 heterocycles. The number of hydrazine groups is 1. The van der Waals surface area contributed by atoms with Gasteiger partial charge >= 0.3 is 5.97 Å². The van der Waals surface area contributed by atoms with Crippen molar-refractivity contribution >= 4 is 5.97 Å². The number of esters is 1. The number of carbonyl (C=O) groups is 1. The molecule has 1 aliphatic carbocycles. The zero-order valence-corrected chi connectivity index (χ0v) is 11.7. The van der Waals surface area contributed by atoms with Crippen molar-refractivity contribution in [3.8, 4) is 0 Å². The molecule has 1 atom stereocenters. The van der Waals surface area contributed by atoms with Crippen molar-refractivity contribution in [2.24, 2.45) is 0 Å². The first-order chi connectivity index (χ1) is 10.8. The third-order valence-electron chi connectivity index (χ3n) is 3.74. The highest BCUT2D eigenvalue weighted by molar-refractivity contribution is 5.89. The average molecular weight is 294 g/mol. The predicted molar refractivity (Wildman–Crippen MR) is 80.2 cm³/mol. The summed E-state index contributed by atoms with van der Waals surface area (Å²) >= 11 is 0. The summed E-state index contributed by atoms with van der Waals surface area (Å²) in [6.45, 7) is 0.498. The predicted octanol–water partition coefficient (Wildman–Crippen LogP) is 1.94. The Morgan fingerprint density at radius 2 is 2.14 bits per heavy atom. The van der Waals surface area contributed by atoms with E-state index in [4.69, 9.17) is 9.47 Å². The number of ether oxygens (including phenoxy) is 2. The summed E-state index contributed by atoms with van der Waals surface area (Å²) in [5.41, 5.74) is 9.37. The maximum absolute atomic E-state index is 12.3. The zero-order valence-electron chi connectivity index (χ0n) is 11.7. The van der Waals surface area contributed by atoms with Gasteiger partial charge in [0.1, 0.15) is 12.4 Å². The molecule has 4 rings (SSSR count). The van der Waals surface area contributed by atoms with Gasteiger partial charge in [-0.05, 0) is 24.3 Å². The van der Waals surface area contributed by atoms with Gasteiger partial charge in [-0.1, -0.05) is 24.3 Å². The van der Waals surface area contributed by atoms with Crippen LogP contribution in [0, 0.1) is 0 Å². The lowest BCUT2D eigenvalue weighted by Crippen LogP contribution is -2.31. The first kappa shape index (κ1) is 12.8. The van der Waals surface area contributed by atoms with Crippen LogP contribution < -0.4 is 10.9 Å². The standard InChI is InChI=1S/C17H14N2O3/c20-17(11-5-2-1-3-6-11)22-14-8-4-7-13-15(14)16-12(10-21-13)9-18-19-16/h1-9,14,18-19H,10H2. The maximum atomic E-state index is 12.3. The molecule has 1 aromatic carbocycles. The Morgan fingerprint density at radius 3 is 3.00 bits per heavy atom. The van der Waals surface area contributed by atoms with Crippen molar-refractivity contribution in [2.75, 3.05) is 6.61 Å². The second kappa shape index (κ2) is 5.11. The summed E-state index contributed by atoms with van der Waals surface area (Å²) in [4.78, 5) is 12.3. The van der Waals surface area contributed by atoms with Gasteiger partial charge in [-0.3, -0.25) is 0 Å². The number of nitrogens with one attached hydrogen (secondary N) is 2. The molecule has 0 saturated heterocycles. The highest BCUT2D eigenvalue weighted by Gasteiger charge is 2.33. The van der Waals surface area contributed by atoms with Gasteiger partial charge < -0.3 is 20.3 Å². The van der Waals surface area contributed by atoms with E-state index in [-0.39, 0.29) is 5.97 Å². The molecule has 2 aliphatic heterocycles. The fourth-order valence-corrected chi connectivity index (χ4v) is 2.67. The average Bonchev–Trinajstić information content (AvgIpc) is 3.04. The molecule has 0 aromatic heterocycles. The molecule has 22 heavy (non-hydrogen) atoms. The van der Waals surface area contributed by atoms with Gasteiger partial charge in [-0.15, -0.1) is 0 Å². The highest BCUT2D eigenvalue weighted by Crippen LogP contribution is 2.34. The van der Waals surface area contributed by atoms with Crippen molar-refractivity contribution in [3.63, 3.8) is 0 Å². The van der Waals surface area contributed by atoms with E-state index < -0.39 is 6.10 Å². The molecule has 0 amide bonds. The quantitative estimate of drug-likeness (QED) is 0.816. The van der Waals surface area contributed by atoms with E-state index >= 15 is 0 Å². The molecule has 0 saturated carbocycles. The molecule has 0 bridgehead atoms. The van der Waals surface area contributed by atoms with Crippen LogP contribution in [0.5, 0.6) is 0 Å². The second-order valence-corrected chi connectivity index (χ2v) is 5.12. The normalized spacial score (nSPS) is 21.5. The van der Waals surface area contributed by atoms with Gasteiger partial charge in [-0.25, -0.2) is 4.79 Å². The Kier molecular flexibility index (Phi) is 2.96. The van der Waals surface area contributed by atoms with Crippen LogP contribution in [0.15, 0.2) is 77.4 Å². The number of rotatable bonds is 2. The fourth-order valence-electron chi connectivity index (χ4n) is 2.67. The topological polar surface area (TPSA) is 59.6 Å². The molecule has 1 aromatic rings. The van der Waals surface area contributed by atoms with Crippen LogP contribution in [0.4, 0.5) is 0 Å². The van der Waals surface area contributed by atoms with Crippen LogP contribution in [0.25, 0.3) is 0 Å². The third-order valence-corrected chi connectivity index (χ3v) is 3.74. The minimum atomic E-state index is -0.473. The Hall–Kier alpha value is -2.95. The molecule has 1 unspecified atom stereocenters. The third kappa shape index (κ3) is 2.07. The number of carbonyl (C=O) groups excluding carboxylic acids is 1. The first-order valence-electron chi connectivity index (χ1n) is 7.06. The highest BCUT2D eigenvalue weighted by atomic mass is 16.5. The number of hydrogen-bond donors (Lipinski definition) is 2. The van der Waals surface area contributed by atoms with E-state index in [2.05, 4.69) is 10.9 Å². The molecule has 0 spiro atoms. The second-order valence-electron chi connectivity index (χ2n) is 5.12. The monoisotopic (exact) mass is 294 g/mol. The Labute approximate surface area is 127 Å². The molecule has 3 aliphatic rings. The van der Waals surface area contributed by atoms with Gasteiger partial charge in [0.15, 0.2) is 6.10 Å². The molecule has 110 valence electrons. The molecule has 0 radical (unpaired) electrons. The fraction of sp³-hybridized carbons (Fsp3) is 0.118. The van der Waals surface area contributed by atoms with Crippen LogP contribution >= 0.6 is 0 Å². The molecule has 0 fully saturated rings. The number of allylic oxidation sites excluding steroid dienone is 2. The van der Waals surface area contributed by atoms with E-state index in [1.165, 1.54) is 0 Å². The van der Waals surface area contributed by atoms with Crippen molar-refractivity contribution in [3.05, 3.63) is 82.9 Å². The lowest BCUT2D eigenvalue weighted by Gasteiger charge is -2.29. The van der Waals surface area contributed by atoms with Crippen molar-refractivity contribution in [2.45, 2.75) is 6.10 Å². The van der Waals surface area contributed by atoms with E-state index in [9.17, 15) is 4.79 Å². The van der Waals surface area contributed by atoms with Crippen LogP contribution in [-0.2, 0) is 9.47 Å². The van der Waals surface area contributed by atoms with E-state index in [0.717, 1.165) is 22.6 Å². The summed E-state index contributed by atoms with van der Waals surface area (Å²) in [7, 11) is 0. The van der Waals surface area contributed by atoms with Crippen molar-refractivity contribution in [1.82, 2.24) is 10.9 Å². The molecular formula is C17H14N2O3. The number of hydrogen-bond acceptors (Lipinski definition) is 5. The molecule has 5 nitrogen and oxygen atoms in total. The van der Waals surface area contributed by atoms with Crippen molar-refractivity contribution in [1.29, 1.82) is 0 Å². The van der Waals surface area contributed by atoms with Crippen LogP contribution in [0.3, 0.4) is 0 Å². The summed E-state index contributed by atoms with van der Waals surface area (Å²) in [6, 6.07) is 8.97. The smallest absolute Gasteiger partial charge is 0.339 e. The van der Waals surface area contributed by atoms with Gasteiger partial charge in [0.25, 0.3) is 0 Å². The van der Waals surface area contributed by atoms with Gasteiger partial charge in [0.2, 0.25) is 0 Å².